The zero-order chi connectivity index (χ0) is 17.5. The number of fused-ring (bicyclic) bond motifs is 3. The molecule has 2 fully saturated rings. The van der Waals surface area contributed by atoms with Gasteiger partial charge in [-0.3, -0.25) is 0 Å². The molecule has 1 saturated carbocycles. The Morgan fingerprint density at radius 2 is 1.85 bits per heavy atom. The van der Waals surface area contributed by atoms with Crippen molar-refractivity contribution in [3.05, 3.63) is 42.4 Å². The SMILES string of the molecule is O[C@H](C[C@H]1c2ccccc2-c2cncn21)C1CCN(C2CCCC2)CC1. The van der Waals surface area contributed by atoms with Gasteiger partial charge in [-0.15, -0.1) is 0 Å². The van der Waals surface area contributed by atoms with Gasteiger partial charge in [0.1, 0.15) is 0 Å². The second-order valence-corrected chi connectivity index (χ2v) is 8.40. The minimum Gasteiger partial charge on any atom is -0.393 e. The maximum atomic E-state index is 11.0. The molecule has 1 saturated heterocycles. The standard InChI is InChI=1S/C22H29N3O/c26-22(16-9-11-24(12-10-16)17-5-1-2-6-17)13-20-18-7-3-4-8-19(18)21-14-23-15-25(20)21/h3-4,7-8,14-17,20,22,26H,1-2,5-6,9-13H2/t20-,22+/m0/s1. The fraction of sp³-hybridized carbons (Fsp3) is 0.591. The minimum atomic E-state index is -0.230. The molecule has 0 spiro atoms. The number of benzene rings is 1. The van der Waals surface area contributed by atoms with E-state index in [0.717, 1.165) is 25.3 Å². The third kappa shape index (κ3) is 2.80. The molecule has 2 aromatic rings. The Labute approximate surface area is 155 Å². The van der Waals surface area contributed by atoms with Crippen LogP contribution in [0.15, 0.2) is 36.8 Å². The van der Waals surface area contributed by atoms with E-state index in [9.17, 15) is 5.11 Å². The van der Waals surface area contributed by atoms with Gasteiger partial charge in [-0.2, -0.15) is 0 Å². The molecule has 2 atom stereocenters. The minimum absolute atomic E-state index is 0.228. The van der Waals surface area contributed by atoms with E-state index in [4.69, 9.17) is 0 Å². The molecule has 1 aliphatic carbocycles. The van der Waals surface area contributed by atoms with Crippen LogP contribution >= 0.6 is 0 Å². The lowest BCUT2D eigenvalue weighted by atomic mass is 9.86. The van der Waals surface area contributed by atoms with Crippen LogP contribution in [0.4, 0.5) is 0 Å². The summed E-state index contributed by atoms with van der Waals surface area (Å²) in [4.78, 5) is 7.03. The fourth-order valence-electron chi connectivity index (χ4n) is 5.53. The van der Waals surface area contributed by atoms with Crippen LogP contribution in [0.5, 0.6) is 0 Å². The molecule has 26 heavy (non-hydrogen) atoms. The lowest BCUT2D eigenvalue weighted by Crippen LogP contribution is -2.42. The second-order valence-electron chi connectivity index (χ2n) is 8.40. The van der Waals surface area contributed by atoms with E-state index in [1.165, 1.54) is 55.6 Å². The molecular formula is C22H29N3O. The topological polar surface area (TPSA) is 41.3 Å². The van der Waals surface area contributed by atoms with Gasteiger partial charge in [0.25, 0.3) is 0 Å². The number of nitrogens with zero attached hydrogens (tertiary/aromatic N) is 3. The van der Waals surface area contributed by atoms with Gasteiger partial charge in [0.2, 0.25) is 0 Å². The average Bonchev–Trinajstić information content (AvgIpc) is 3.41. The molecular weight excluding hydrogens is 322 g/mol. The highest BCUT2D eigenvalue weighted by Gasteiger charge is 2.34. The maximum absolute atomic E-state index is 11.0. The molecule has 1 aromatic carbocycles. The summed E-state index contributed by atoms with van der Waals surface area (Å²) < 4.78 is 2.25. The molecule has 138 valence electrons. The van der Waals surface area contributed by atoms with Crippen molar-refractivity contribution in [2.45, 2.75) is 63.1 Å². The Balaban J connectivity index is 1.26. The summed E-state index contributed by atoms with van der Waals surface area (Å²) >= 11 is 0. The first-order valence-corrected chi connectivity index (χ1v) is 10.3. The fourth-order valence-corrected chi connectivity index (χ4v) is 5.53. The van der Waals surface area contributed by atoms with Crippen LogP contribution < -0.4 is 0 Å². The number of aliphatic hydroxyl groups is 1. The van der Waals surface area contributed by atoms with Crippen molar-refractivity contribution in [1.82, 2.24) is 14.5 Å². The van der Waals surface area contributed by atoms with E-state index in [1.807, 2.05) is 12.5 Å². The van der Waals surface area contributed by atoms with Gasteiger partial charge in [0.05, 0.1) is 30.4 Å². The van der Waals surface area contributed by atoms with Gasteiger partial charge in [-0.25, -0.2) is 4.98 Å². The molecule has 1 aromatic heterocycles. The van der Waals surface area contributed by atoms with E-state index in [1.54, 1.807) is 0 Å². The van der Waals surface area contributed by atoms with Gasteiger partial charge in [0, 0.05) is 11.6 Å². The monoisotopic (exact) mass is 351 g/mol. The van der Waals surface area contributed by atoms with Crippen LogP contribution in [0.25, 0.3) is 11.3 Å². The van der Waals surface area contributed by atoms with Crippen LogP contribution in [0.2, 0.25) is 0 Å². The van der Waals surface area contributed by atoms with Crippen molar-refractivity contribution in [3.8, 4) is 11.3 Å². The summed E-state index contributed by atoms with van der Waals surface area (Å²) in [5, 5.41) is 11.0. The Hall–Kier alpha value is -1.65. The second kappa shape index (κ2) is 6.82. The number of rotatable bonds is 4. The number of piperidine rings is 1. The highest BCUT2D eigenvalue weighted by Crippen LogP contribution is 2.42. The van der Waals surface area contributed by atoms with E-state index >= 15 is 0 Å². The summed E-state index contributed by atoms with van der Waals surface area (Å²) in [5.41, 5.74) is 3.81. The van der Waals surface area contributed by atoms with Crippen LogP contribution in [0.3, 0.4) is 0 Å². The molecule has 3 aliphatic rings. The lowest BCUT2D eigenvalue weighted by molar-refractivity contribution is 0.0362. The Morgan fingerprint density at radius 1 is 1.08 bits per heavy atom. The summed E-state index contributed by atoms with van der Waals surface area (Å²) in [6.07, 6.45) is 12.3. The summed E-state index contributed by atoms with van der Waals surface area (Å²) in [7, 11) is 0. The highest BCUT2D eigenvalue weighted by molar-refractivity contribution is 5.68. The molecule has 4 heteroatoms. The van der Waals surface area contributed by atoms with Gasteiger partial charge in [-0.05, 0) is 56.7 Å². The number of likely N-dealkylation sites (tertiary alicyclic amines) is 1. The normalized spacial score (nSPS) is 25.3. The van der Waals surface area contributed by atoms with Crippen molar-refractivity contribution in [2.75, 3.05) is 13.1 Å². The summed E-state index contributed by atoms with van der Waals surface area (Å²) in [6.45, 7) is 2.34. The van der Waals surface area contributed by atoms with Crippen molar-refractivity contribution < 1.29 is 5.11 Å². The quantitative estimate of drug-likeness (QED) is 0.909. The Morgan fingerprint density at radius 3 is 2.65 bits per heavy atom. The largest absolute Gasteiger partial charge is 0.393 e. The van der Waals surface area contributed by atoms with Crippen LogP contribution in [0.1, 0.15) is 56.6 Å². The Bertz CT molecular complexity index is 756. The van der Waals surface area contributed by atoms with E-state index < -0.39 is 0 Å². The predicted octanol–water partition coefficient (Wildman–Crippen LogP) is 3.86. The molecule has 0 amide bonds. The van der Waals surface area contributed by atoms with Gasteiger partial charge in [-0.1, -0.05) is 37.1 Å². The van der Waals surface area contributed by atoms with E-state index in [2.05, 4.69) is 38.7 Å². The molecule has 5 rings (SSSR count). The number of hydrogen-bond acceptors (Lipinski definition) is 3. The number of aromatic nitrogens is 2. The van der Waals surface area contributed by atoms with Gasteiger partial charge in [0.15, 0.2) is 0 Å². The predicted molar refractivity (Wildman–Crippen MR) is 103 cm³/mol. The van der Waals surface area contributed by atoms with Crippen molar-refractivity contribution in [2.24, 2.45) is 5.92 Å². The number of aliphatic hydroxyl groups excluding tert-OH is 1. The van der Waals surface area contributed by atoms with Crippen LogP contribution in [0, 0.1) is 5.92 Å². The molecule has 0 unspecified atom stereocenters. The molecule has 0 radical (unpaired) electrons. The van der Waals surface area contributed by atoms with Crippen molar-refractivity contribution in [1.29, 1.82) is 0 Å². The zero-order valence-corrected chi connectivity index (χ0v) is 15.4. The van der Waals surface area contributed by atoms with Gasteiger partial charge >= 0.3 is 0 Å². The first-order valence-electron chi connectivity index (χ1n) is 10.3. The Kier molecular flexibility index (Phi) is 4.33. The summed E-state index contributed by atoms with van der Waals surface area (Å²) in [5.74, 6) is 0.437. The average molecular weight is 351 g/mol. The molecule has 2 aliphatic heterocycles. The molecule has 3 heterocycles. The molecule has 0 bridgehead atoms. The number of imidazole rings is 1. The third-order valence-electron chi connectivity index (χ3n) is 7.02. The third-order valence-corrected chi connectivity index (χ3v) is 7.02. The van der Waals surface area contributed by atoms with Crippen molar-refractivity contribution in [3.63, 3.8) is 0 Å². The first-order chi connectivity index (χ1) is 12.8. The molecule has 4 nitrogen and oxygen atoms in total. The van der Waals surface area contributed by atoms with E-state index in [0.29, 0.717) is 5.92 Å². The smallest absolute Gasteiger partial charge is 0.0956 e. The highest BCUT2D eigenvalue weighted by atomic mass is 16.3. The van der Waals surface area contributed by atoms with Crippen LogP contribution in [-0.2, 0) is 0 Å². The summed E-state index contributed by atoms with van der Waals surface area (Å²) in [6, 6.07) is 9.64. The van der Waals surface area contributed by atoms with Gasteiger partial charge < -0.3 is 14.6 Å². The van der Waals surface area contributed by atoms with Crippen LogP contribution in [-0.4, -0.2) is 44.8 Å². The first kappa shape index (κ1) is 16.5. The van der Waals surface area contributed by atoms with Crippen molar-refractivity contribution >= 4 is 0 Å². The number of hydrogen-bond donors (Lipinski definition) is 1. The van der Waals surface area contributed by atoms with E-state index in [-0.39, 0.29) is 12.1 Å². The maximum Gasteiger partial charge on any atom is 0.0956 e. The lowest BCUT2D eigenvalue weighted by Gasteiger charge is -2.38. The zero-order valence-electron chi connectivity index (χ0n) is 15.4. The molecule has 1 N–H and O–H groups in total.